The van der Waals surface area contributed by atoms with Crippen LogP contribution in [0.25, 0.3) is 0 Å². The molecule has 3 nitrogen and oxygen atoms in total. The first-order chi connectivity index (χ1) is 8.40. The van der Waals surface area contributed by atoms with Gasteiger partial charge in [-0.25, -0.2) is 0 Å². The summed E-state index contributed by atoms with van der Waals surface area (Å²) in [5.74, 6) is 0.401. The summed E-state index contributed by atoms with van der Waals surface area (Å²) in [4.78, 5) is 0. The van der Waals surface area contributed by atoms with Crippen molar-refractivity contribution < 1.29 is 4.74 Å². The largest absolute Gasteiger partial charge is 0.377 e. The quantitative estimate of drug-likeness (QED) is 0.784. The molecule has 0 aromatic heterocycles. The zero-order valence-corrected chi connectivity index (χ0v) is 10.3. The van der Waals surface area contributed by atoms with Gasteiger partial charge in [0.25, 0.3) is 0 Å². The second-order valence-electron chi connectivity index (χ2n) is 4.64. The summed E-state index contributed by atoms with van der Waals surface area (Å²) in [6, 6.07) is 10.5. The highest BCUT2D eigenvalue weighted by atomic mass is 16.5. The minimum atomic E-state index is 0.401. The van der Waals surface area contributed by atoms with E-state index < -0.39 is 0 Å². The van der Waals surface area contributed by atoms with Gasteiger partial charge in [0, 0.05) is 32.2 Å². The van der Waals surface area contributed by atoms with Crippen molar-refractivity contribution in [1.82, 2.24) is 5.32 Å². The fourth-order valence-electron chi connectivity index (χ4n) is 2.29. The lowest BCUT2D eigenvalue weighted by Crippen LogP contribution is -2.32. The second kappa shape index (κ2) is 6.74. The van der Waals surface area contributed by atoms with Crippen LogP contribution in [0.2, 0.25) is 0 Å². The molecule has 1 fully saturated rings. The minimum absolute atomic E-state index is 0.401. The molecule has 2 unspecified atom stereocenters. The van der Waals surface area contributed by atoms with Gasteiger partial charge in [0.05, 0.1) is 6.10 Å². The normalized spacial score (nSPS) is 21.6. The highest BCUT2D eigenvalue weighted by molar-refractivity contribution is 5.20. The molecule has 3 N–H and O–H groups in total. The molecule has 2 rings (SSSR count). The van der Waals surface area contributed by atoms with E-state index in [0.717, 1.165) is 19.7 Å². The molecule has 0 saturated carbocycles. The Morgan fingerprint density at radius 1 is 1.35 bits per heavy atom. The van der Waals surface area contributed by atoms with Crippen LogP contribution in [0.1, 0.15) is 24.3 Å². The minimum Gasteiger partial charge on any atom is -0.377 e. The van der Waals surface area contributed by atoms with E-state index in [1.165, 1.54) is 18.4 Å². The van der Waals surface area contributed by atoms with Crippen molar-refractivity contribution in [3.05, 3.63) is 35.9 Å². The van der Waals surface area contributed by atoms with Crippen molar-refractivity contribution in [2.45, 2.75) is 24.9 Å². The fourth-order valence-corrected chi connectivity index (χ4v) is 2.29. The third-order valence-corrected chi connectivity index (χ3v) is 3.34. The second-order valence-corrected chi connectivity index (χ2v) is 4.64. The molecule has 17 heavy (non-hydrogen) atoms. The molecule has 94 valence electrons. The van der Waals surface area contributed by atoms with E-state index in [1.54, 1.807) is 0 Å². The van der Waals surface area contributed by atoms with Gasteiger partial charge in [-0.15, -0.1) is 0 Å². The van der Waals surface area contributed by atoms with E-state index in [0.29, 0.717) is 18.6 Å². The third-order valence-electron chi connectivity index (χ3n) is 3.34. The van der Waals surface area contributed by atoms with Gasteiger partial charge in [-0.1, -0.05) is 30.3 Å². The smallest absolute Gasteiger partial charge is 0.0700 e. The van der Waals surface area contributed by atoms with Crippen LogP contribution in [0.3, 0.4) is 0 Å². The van der Waals surface area contributed by atoms with E-state index in [-0.39, 0.29) is 0 Å². The first-order valence-corrected chi connectivity index (χ1v) is 6.47. The highest BCUT2D eigenvalue weighted by Gasteiger charge is 2.15. The van der Waals surface area contributed by atoms with Crippen molar-refractivity contribution in [2.24, 2.45) is 5.73 Å². The Balaban J connectivity index is 1.75. The number of rotatable bonds is 6. The lowest BCUT2D eigenvalue weighted by atomic mass is 9.99. The molecular weight excluding hydrogens is 212 g/mol. The standard InChI is InChI=1S/C14H22N2O/c15-9-13(12-5-2-1-3-6-12)10-16-11-14-7-4-8-17-14/h1-3,5-6,13-14,16H,4,7-11,15H2. The molecule has 1 heterocycles. The van der Waals surface area contributed by atoms with Crippen LogP contribution < -0.4 is 11.1 Å². The summed E-state index contributed by atoms with van der Waals surface area (Å²) in [5.41, 5.74) is 7.14. The molecule has 0 spiro atoms. The summed E-state index contributed by atoms with van der Waals surface area (Å²) in [5, 5.41) is 3.47. The maximum Gasteiger partial charge on any atom is 0.0700 e. The van der Waals surface area contributed by atoms with Crippen molar-refractivity contribution >= 4 is 0 Å². The Hall–Kier alpha value is -0.900. The molecule has 1 aliphatic heterocycles. The Labute approximate surface area is 103 Å². The van der Waals surface area contributed by atoms with Crippen molar-refractivity contribution in [2.75, 3.05) is 26.2 Å². The molecule has 0 bridgehead atoms. The molecular formula is C14H22N2O. The molecule has 0 aliphatic carbocycles. The van der Waals surface area contributed by atoms with Crippen LogP contribution in [-0.4, -0.2) is 32.3 Å². The fraction of sp³-hybridized carbons (Fsp3) is 0.571. The van der Waals surface area contributed by atoms with Crippen LogP contribution in [0.4, 0.5) is 0 Å². The van der Waals surface area contributed by atoms with Gasteiger partial charge in [-0.05, 0) is 18.4 Å². The van der Waals surface area contributed by atoms with Gasteiger partial charge in [-0.3, -0.25) is 0 Å². The first kappa shape index (κ1) is 12.6. The van der Waals surface area contributed by atoms with E-state index in [2.05, 4.69) is 29.6 Å². The lowest BCUT2D eigenvalue weighted by molar-refractivity contribution is 0.110. The predicted octanol–water partition coefficient (Wildman–Crippen LogP) is 1.50. The Bertz CT molecular complexity index is 309. The molecule has 1 aromatic rings. The molecule has 1 aliphatic rings. The maximum absolute atomic E-state index is 5.83. The number of nitrogens with one attached hydrogen (secondary N) is 1. The van der Waals surface area contributed by atoms with Gasteiger partial charge in [-0.2, -0.15) is 0 Å². The number of nitrogens with two attached hydrogens (primary N) is 1. The average molecular weight is 234 g/mol. The average Bonchev–Trinajstić information content (AvgIpc) is 2.89. The summed E-state index contributed by atoms with van der Waals surface area (Å²) in [6.07, 6.45) is 2.79. The SMILES string of the molecule is NCC(CNCC1CCCO1)c1ccccc1. The van der Waals surface area contributed by atoms with Crippen LogP contribution in [0.5, 0.6) is 0 Å². The van der Waals surface area contributed by atoms with E-state index in [9.17, 15) is 0 Å². The van der Waals surface area contributed by atoms with Gasteiger partial charge < -0.3 is 15.8 Å². The number of ether oxygens (including phenoxy) is 1. The van der Waals surface area contributed by atoms with Crippen LogP contribution in [0.15, 0.2) is 30.3 Å². The summed E-state index contributed by atoms with van der Waals surface area (Å²) < 4.78 is 5.58. The topological polar surface area (TPSA) is 47.3 Å². The number of hydrogen-bond acceptors (Lipinski definition) is 3. The Kier molecular flexibility index (Phi) is 4.98. The Morgan fingerprint density at radius 3 is 2.82 bits per heavy atom. The van der Waals surface area contributed by atoms with E-state index >= 15 is 0 Å². The zero-order valence-electron chi connectivity index (χ0n) is 10.3. The molecule has 1 aromatic carbocycles. The molecule has 2 atom stereocenters. The van der Waals surface area contributed by atoms with Crippen molar-refractivity contribution in [3.63, 3.8) is 0 Å². The highest BCUT2D eigenvalue weighted by Crippen LogP contribution is 2.14. The predicted molar refractivity (Wildman–Crippen MR) is 70.1 cm³/mol. The monoisotopic (exact) mass is 234 g/mol. The summed E-state index contributed by atoms with van der Waals surface area (Å²) in [7, 11) is 0. The van der Waals surface area contributed by atoms with Gasteiger partial charge in [0.1, 0.15) is 0 Å². The van der Waals surface area contributed by atoms with Crippen molar-refractivity contribution in [3.8, 4) is 0 Å². The van der Waals surface area contributed by atoms with Crippen LogP contribution in [0, 0.1) is 0 Å². The van der Waals surface area contributed by atoms with Gasteiger partial charge in [0.2, 0.25) is 0 Å². The van der Waals surface area contributed by atoms with E-state index in [4.69, 9.17) is 10.5 Å². The zero-order chi connectivity index (χ0) is 11.9. The molecule has 1 saturated heterocycles. The summed E-state index contributed by atoms with van der Waals surface area (Å²) in [6.45, 7) is 3.48. The lowest BCUT2D eigenvalue weighted by Gasteiger charge is -2.17. The van der Waals surface area contributed by atoms with Crippen molar-refractivity contribution in [1.29, 1.82) is 0 Å². The maximum atomic E-state index is 5.83. The van der Waals surface area contributed by atoms with E-state index in [1.807, 2.05) is 6.07 Å². The third kappa shape index (κ3) is 3.80. The summed E-state index contributed by atoms with van der Waals surface area (Å²) >= 11 is 0. The van der Waals surface area contributed by atoms with Gasteiger partial charge in [0.15, 0.2) is 0 Å². The number of hydrogen-bond donors (Lipinski definition) is 2. The first-order valence-electron chi connectivity index (χ1n) is 6.47. The van der Waals surface area contributed by atoms with Gasteiger partial charge >= 0.3 is 0 Å². The molecule has 3 heteroatoms. The number of benzene rings is 1. The molecule has 0 amide bonds. The molecule has 0 radical (unpaired) electrons. The van der Waals surface area contributed by atoms with Crippen LogP contribution in [-0.2, 0) is 4.74 Å². The van der Waals surface area contributed by atoms with Crippen LogP contribution >= 0.6 is 0 Å². The Morgan fingerprint density at radius 2 is 2.18 bits per heavy atom.